The van der Waals surface area contributed by atoms with Crippen molar-refractivity contribution in [3.63, 3.8) is 0 Å². The standard InChI is InChI=1S/C6H10N4/c1-4-5(7)9-3-10-6(4)8-2/h3H,1-2H3,(H3,7,8,9,10). The number of rotatable bonds is 1. The molecular formula is C6H10N4. The Morgan fingerprint density at radius 3 is 2.70 bits per heavy atom. The largest absolute Gasteiger partial charge is 0.383 e. The van der Waals surface area contributed by atoms with Gasteiger partial charge < -0.3 is 11.1 Å². The minimum atomic E-state index is 0.527. The van der Waals surface area contributed by atoms with Crippen LogP contribution >= 0.6 is 0 Å². The molecule has 0 bridgehead atoms. The number of hydrogen-bond donors (Lipinski definition) is 2. The second-order valence-electron chi connectivity index (χ2n) is 1.98. The van der Waals surface area contributed by atoms with Crippen LogP contribution in [0.5, 0.6) is 0 Å². The van der Waals surface area contributed by atoms with E-state index in [1.54, 1.807) is 7.05 Å². The van der Waals surface area contributed by atoms with E-state index in [4.69, 9.17) is 5.73 Å². The molecule has 0 amide bonds. The lowest BCUT2D eigenvalue weighted by Crippen LogP contribution is -2.01. The number of aromatic nitrogens is 2. The predicted octanol–water partition coefficient (Wildman–Crippen LogP) is 0.409. The van der Waals surface area contributed by atoms with Crippen LogP contribution in [0.4, 0.5) is 11.6 Å². The van der Waals surface area contributed by atoms with Crippen molar-refractivity contribution in [2.24, 2.45) is 0 Å². The highest BCUT2D eigenvalue weighted by Crippen LogP contribution is 2.13. The fraction of sp³-hybridized carbons (Fsp3) is 0.333. The van der Waals surface area contributed by atoms with Crippen molar-refractivity contribution in [3.05, 3.63) is 11.9 Å². The third-order valence-electron chi connectivity index (χ3n) is 1.36. The van der Waals surface area contributed by atoms with Gasteiger partial charge in [-0.15, -0.1) is 0 Å². The summed E-state index contributed by atoms with van der Waals surface area (Å²) in [4.78, 5) is 7.77. The van der Waals surface area contributed by atoms with Gasteiger partial charge in [0.25, 0.3) is 0 Å². The summed E-state index contributed by atoms with van der Waals surface area (Å²) in [5, 5.41) is 2.90. The zero-order chi connectivity index (χ0) is 7.56. The number of nitrogens with one attached hydrogen (secondary N) is 1. The SMILES string of the molecule is CNc1ncnc(N)c1C. The molecule has 0 unspecified atom stereocenters. The summed E-state index contributed by atoms with van der Waals surface area (Å²) in [5.74, 6) is 1.31. The zero-order valence-electron chi connectivity index (χ0n) is 6.05. The Bertz CT molecular complexity index is 233. The highest BCUT2D eigenvalue weighted by Gasteiger charge is 1.99. The molecule has 1 aromatic rings. The first-order valence-electron chi connectivity index (χ1n) is 3.00. The molecular weight excluding hydrogens is 128 g/mol. The van der Waals surface area contributed by atoms with Crippen LogP contribution in [0.1, 0.15) is 5.56 Å². The van der Waals surface area contributed by atoms with Crippen molar-refractivity contribution >= 4 is 11.6 Å². The Kier molecular flexibility index (Phi) is 1.71. The molecule has 1 aromatic heterocycles. The molecule has 0 fully saturated rings. The van der Waals surface area contributed by atoms with Crippen LogP contribution in [-0.2, 0) is 0 Å². The molecule has 0 aliphatic rings. The van der Waals surface area contributed by atoms with Crippen LogP contribution < -0.4 is 11.1 Å². The summed E-state index contributed by atoms with van der Waals surface area (Å²) in [6.07, 6.45) is 1.44. The van der Waals surface area contributed by atoms with E-state index >= 15 is 0 Å². The maximum absolute atomic E-state index is 5.51. The van der Waals surface area contributed by atoms with E-state index < -0.39 is 0 Å². The normalized spacial score (nSPS) is 9.40. The van der Waals surface area contributed by atoms with Crippen LogP contribution in [-0.4, -0.2) is 17.0 Å². The van der Waals surface area contributed by atoms with Gasteiger partial charge >= 0.3 is 0 Å². The monoisotopic (exact) mass is 138 g/mol. The molecule has 0 saturated carbocycles. The molecule has 0 aliphatic carbocycles. The zero-order valence-corrected chi connectivity index (χ0v) is 6.05. The molecule has 0 saturated heterocycles. The summed E-state index contributed by atoms with van der Waals surface area (Å²) in [5.41, 5.74) is 6.40. The number of nitrogens with two attached hydrogens (primary N) is 1. The van der Waals surface area contributed by atoms with Crippen molar-refractivity contribution in [1.82, 2.24) is 9.97 Å². The lowest BCUT2D eigenvalue weighted by atomic mass is 10.3. The Morgan fingerprint density at radius 1 is 1.50 bits per heavy atom. The second-order valence-corrected chi connectivity index (χ2v) is 1.98. The molecule has 3 N–H and O–H groups in total. The lowest BCUT2D eigenvalue weighted by Gasteiger charge is -2.03. The summed E-state index contributed by atoms with van der Waals surface area (Å²) in [6, 6.07) is 0. The summed E-state index contributed by atoms with van der Waals surface area (Å²) in [7, 11) is 1.80. The van der Waals surface area contributed by atoms with Gasteiger partial charge in [0, 0.05) is 12.6 Å². The van der Waals surface area contributed by atoms with Crippen molar-refractivity contribution in [3.8, 4) is 0 Å². The van der Waals surface area contributed by atoms with Crippen molar-refractivity contribution in [2.75, 3.05) is 18.1 Å². The number of nitrogens with zero attached hydrogens (tertiary/aromatic N) is 2. The van der Waals surface area contributed by atoms with Gasteiger partial charge in [-0.25, -0.2) is 9.97 Å². The van der Waals surface area contributed by atoms with Crippen molar-refractivity contribution < 1.29 is 0 Å². The van der Waals surface area contributed by atoms with Crippen molar-refractivity contribution in [1.29, 1.82) is 0 Å². The molecule has 4 heteroatoms. The van der Waals surface area contributed by atoms with Crippen LogP contribution in [0.15, 0.2) is 6.33 Å². The van der Waals surface area contributed by atoms with Crippen LogP contribution in [0.25, 0.3) is 0 Å². The van der Waals surface area contributed by atoms with E-state index in [1.165, 1.54) is 6.33 Å². The molecule has 0 atom stereocenters. The third-order valence-corrected chi connectivity index (χ3v) is 1.36. The topological polar surface area (TPSA) is 63.8 Å². The predicted molar refractivity (Wildman–Crippen MR) is 40.7 cm³/mol. The van der Waals surface area contributed by atoms with Gasteiger partial charge in [-0.1, -0.05) is 0 Å². The Balaban J connectivity index is 3.14. The Labute approximate surface area is 59.5 Å². The highest BCUT2D eigenvalue weighted by atomic mass is 15.0. The molecule has 4 nitrogen and oxygen atoms in total. The first-order chi connectivity index (χ1) is 4.75. The molecule has 0 spiro atoms. The number of anilines is 2. The average molecular weight is 138 g/mol. The minimum Gasteiger partial charge on any atom is -0.383 e. The lowest BCUT2D eigenvalue weighted by molar-refractivity contribution is 1.13. The molecule has 0 radical (unpaired) electrons. The molecule has 54 valence electrons. The van der Waals surface area contributed by atoms with Crippen LogP contribution in [0.2, 0.25) is 0 Å². The highest BCUT2D eigenvalue weighted by molar-refractivity contribution is 5.53. The van der Waals surface area contributed by atoms with E-state index in [0.717, 1.165) is 11.4 Å². The minimum absolute atomic E-state index is 0.527. The van der Waals surface area contributed by atoms with Gasteiger partial charge in [-0.3, -0.25) is 0 Å². The third kappa shape index (κ3) is 1.00. The number of nitrogen functional groups attached to an aromatic ring is 1. The van der Waals surface area contributed by atoms with Crippen LogP contribution in [0.3, 0.4) is 0 Å². The van der Waals surface area contributed by atoms with E-state index in [9.17, 15) is 0 Å². The van der Waals surface area contributed by atoms with E-state index in [-0.39, 0.29) is 0 Å². The fourth-order valence-corrected chi connectivity index (χ4v) is 0.716. The second kappa shape index (κ2) is 2.51. The first kappa shape index (κ1) is 6.80. The summed E-state index contributed by atoms with van der Waals surface area (Å²) >= 11 is 0. The van der Waals surface area contributed by atoms with Gasteiger partial charge in [0.2, 0.25) is 0 Å². The van der Waals surface area contributed by atoms with E-state index in [0.29, 0.717) is 5.82 Å². The maximum atomic E-state index is 5.51. The smallest absolute Gasteiger partial charge is 0.134 e. The van der Waals surface area contributed by atoms with Crippen LogP contribution in [0, 0.1) is 6.92 Å². The molecule has 10 heavy (non-hydrogen) atoms. The maximum Gasteiger partial charge on any atom is 0.134 e. The van der Waals surface area contributed by atoms with Gasteiger partial charge in [0.1, 0.15) is 18.0 Å². The first-order valence-corrected chi connectivity index (χ1v) is 3.00. The van der Waals surface area contributed by atoms with Gasteiger partial charge in [0.15, 0.2) is 0 Å². The molecule has 1 heterocycles. The quantitative estimate of drug-likeness (QED) is 0.590. The van der Waals surface area contributed by atoms with Crippen molar-refractivity contribution in [2.45, 2.75) is 6.92 Å². The van der Waals surface area contributed by atoms with Gasteiger partial charge in [0.05, 0.1) is 0 Å². The van der Waals surface area contributed by atoms with E-state index in [2.05, 4.69) is 15.3 Å². The molecule has 0 aliphatic heterocycles. The van der Waals surface area contributed by atoms with E-state index in [1.807, 2.05) is 6.92 Å². The summed E-state index contributed by atoms with van der Waals surface area (Å²) < 4.78 is 0. The summed E-state index contributed by atoms with van der Waals surface area (Å²) in [6.45, 7) is 1.88. The van der Waals surface area contributed by atoms with Gasteiger partial charge in [-0.2, -0.15) is 0 Å². The average Bonchev–Trinajstić information content (AvgIpc) is 1.95. The molecule has 0 aromatic carbocycles. The Morgan fingerprint density at radius 2 is 2.20 bits per heavy atom. The van der Waals surface area contributed by atoms with Gasteiger partial charge in [-0.05, 0) is 6.92 Å². The molecule has 1 rings (SSSR count). The Hall–Kier alpha value is -1.32. The fourth-order valence-electron chi connectivity index (χ4n) is 0.716. The number of hydrogen-bond acceptors (Lipinski definition) is 4.